The molecule has 1 heterocycles. The van der Waals surface area contributed by atoms with Crippen molar-refractivity contribution in [3.63, 3.8) is 0 Å². The second-order valence-corrected chi connectivity index (χ2v) is 4.55. The maximum Gasteiger partial charge on any atom is 0.407 e. The van der Waals surface area contributed by atoms with E-state index in [4.69, 9.17) is 15.2 Å². The van der Waals surface area contributed by atoms with Gasteiger partial charge < -0.3 is 20.5 Å². The third kappa shape index (κ3) is 2.92. The first kappa shape index (κ1) is 12.7. The van der Waals surface area contributed by atoms with Gasteiger partial charge in [0.25, 0.3) is 0 Å². The fourth-order valence-corrected chi connectivity index (χ4v) is 1.85. The van der Waals surface area contributed by atoms with E-state index in [1.165, 1.54) is 0 Å². The maximum atomic E-state index is 10.9. The van der Waals surface area contributed by atoms with Gasteiger partial charge in [-0.05, 0) is 25.5 Å². The van der Waals surface area contributed by atoms with Crippen LogP contribution in [0.4, 0.5) is 4.79 Å². The van der Waals surface area contributed by atoms with Crippen molar-refractivity contribution in [2.75, 3.05) is 13.2 Å². The Morgan fingerprint density at radius 3 is 3.00 bits per heavy atom. The summed E-state index contributed by atoms with van der Waals surface area (Å²) in [5.74, 6) is 0.757. The second-order valence-electron chi connectivity index (χ2n) is 4.55. The van der Waals surface area contributed by atoms with E-state index in [1.807, 2.05) is 32.0 Å². The van der Waals surface area contributed by atoms with Crippen molar-refractivity contribution in [2.45, 2.75) is 26.0 Å². The minimum absolute atomic E-state index is 0.0927. The van der Waals surface area contributed by atoms with Gasteiger partial charge in [0.1, 0.15) is 12.4 Å². The summed E-state index contributed by atoms with van der Waals surface area (Å²) in [7, 11) is 0. The standard InChI is InChI=1S/C13H18N2O3/c1-8-3-4-11(9(2)14)12(5-8)17-7-10-6-15-13(16)18-10/h3-5,9-10H,6-7,14H2,1-2H3,(H,15,16)/t9-,10?/m0/s1. The molecule has 0 saturated carbocycles. The molecule has 2 atom stereocenters. The van der Waals surface area contributed by atoms with Crippen molar-refractivity contribution in [1.82, 2.24) is 5.32 Å². The topological polar surface area (TPSA) is 73.6 Å². The summed E-state index contributed by atoms with van der Waals surface area (Å²) in [6, 6.07) is 5.82. The predicted molar refractivity (Wildman–Crippen MR) is 67.5 cm³/mol. The van der Waals surface area contributed by atoms with E-state index in [1.54, 1.807) is 0 Å². The van der Waals surface area contributed by atoms with Crippen molar-refractivity contribution in [1.29, 1.82) is 0 Å². The smallest absolute Gasteiger partial charge is 0.407 e. The molecule has 1 fully saturated rings. The molecule has 0 bridgehead atoms. The summed E-state index contributed by atoms with van der Waals surface area (Å²) < 4.78 is 10.7. The quantitative estimate of drug-likeness (QED) is 0.849. The Morgan fingerprint density at radius 2 is 2.39 bits per heavy atom. The number of nitrogens with two attached hydrogens (primary N) is 1. The fraction of sp³-hybridized carbons (Fsp3) is 0.462. The lowest BCUT2D eigenvalue weighted by molar-refractivity contribution is 0.104. The average Bonchev–Trinajstić information content (AvgIpc) is 2.72. The molecule has 1 saturated heterocycles. The number of ether oxygens (including phenoxy) is 2. The van der Waals surface area contributed by atoms with Crippen molar-refractivity contribution in [3.05, 3.63) is 29.3 Å². The molecule has 1 aliphatic rings. The largest absolute Gasteiger partial charge is 0.489 e. The predicted octanol–water partition coefficient (Wildman–Crippen LogP) is 1.50. The molecule has 2 rings (SSSR count). The zero-order chi connectivity index (χ0) is 13.1. The van der Waals surface area contributed by atoms with Gasteiger partial charge in [0.2, 0.25) is 0 Å². The van der Waals surface area contributed by atoms with E-state index >= 15 is 0 Å². The van der Waals surface area contributed by atoms with Gasteiger partial charge in [-0.25, -0.2) is 4.79 Å². The van der Waals surface area contributed by atoms with Gasteiger partial charge in [-0.1, -0.05) is 12.1 Å². The first-order valence-electron chi connectivity index (χ1n) is 5.99. The summed E-state index contributed by atoms with van der Waals surface area (Å²) in [6.07, 6.45) is -0.626. The molecule has 1 unspecified atom stereocenters. The number of hydrogen-bond donors (Lipinski definition) is 2. The number of alkyl carbamates (subject to hydrolysis) is 1. The molecule has 18 heavy (non-hydrogen) atoms. The molecular weight excluding hydrogens is 232 g/mol. The van der Waals surface area contributed by atoms with Crippen LogP contribution in [-0.2, 0) is 4.74 Å². The van der Waals surface area contributed by atoms with Crippen LogP contribution in [0.5, 0.6) is 5.75 Å². The Kier molecular flexibility index (Phi) is 3.72. The molecule has 1 aromatic carbocycles. The molecule has 1 aromatic rings. The lowest BCUT2D eigenvalue weighted by atomic mass is 10.1. The molecule has 0 aromatic heterocycles. The first-order chi connectivity index (χ1) is 8.56. The van der Waals surface area contributed by atoms with E-state index < -0.39 is 0 Å². The zero-order valence-electron chi connectivity index (χ0n) is 10.6. The highest BCUT2D eigenvalue weighted by Crippen LogP contribution is 2.25. The Morgan fingerprint density at radius 1 is 1.61 bits per heavy atom. The minimum Gasteiger partial charge on any atom is -0.489 e. The summed E-state index contributed by atoms with van der Waals surface area (Å²) in [4.78, 5) is 10.9. The summed E-state index contributed by atoms with van der Waals surface area (Å²) in [5, 5.41) is 2.59. The third-order valence-electron chi connectivity index (χ3n) is 2.83. The zero-order valence-corrected chi connectivity index (χ0v) is 10.6. The molecule has 5 nitrogen and oxygen atoms in total. The number of carbonyl (C=O) groups excluding carboxylic acids is 1. The van der Waals surface area contributed by atoms with Crippen LogP contribution in [0, 0.1) is 6.92 Å². The minimum atomic E-state index is -0.389. The Balaban J connectivity index is 2.03. The van der Waals surface area contributed by atoms with Gasteiger partial charge in [-0.15, -0.1) is 0 Å². The van der Waals surface area contributed by atoms with Crippen molar-refractivity contribution < 1.29 is 14.3 Å². The maximum absolute atomic E-state index is 10.9. The van der Waals surface area contributed by atoms with Crippen LogP contribution in [-0.4, -0.2) is 25.3 Å². The van der Waals surface area contributed by atoms with Crippen molar-refractivity contribution >= 4 is 6.09 Å². The van der Waals surface area contributed by atoms with Gasteiger partial charge in [-0.2, -0.15) is 0 Å². The molecule has 5 heteroatoms. The molecule has 0 aliphatic carbocycles. The number of rotatable bonds is 4. The van der Waals surface area contributed by atoms with Gasteiger partial charge in [0.15, 0.2) is 6.10 Å². The summed E-state index contributed by atoms with van der Waals surface area (Å²) in [6.45, 7) is 4.73. The van der Waals surface area contributed by atoms with E-state index in [2.05, 4.69) is 5.32 Å². The van der Waals surface area contributed by atoms with Crippen LogP contribution in [0.25, 0.3) is 0 Å². The molecule has 98 valence electrons. The number of cyclic esters (lactones) is 1. The van der Waals surface area contributed by atoms with Crippen LogP contribution in [0.2, 0.25) is 0 Å². The number of nitrogens with one attached hydrogen (secondary N) is 1. The van der Waals surface area contributed by atoms with Gasteiger partial charge in [0, 0.05) is 11.6 Å². The van der Waals surface area contributed by atoms with E-state index in [9.17, 15) is 4.79 Å². The third-order valence-corrected chi connectivity index (χ3v) is 2.83. The highest BCUT2D eigenvalue weighted by Gasteiger charge is 2.23. The number of hydrogen-bond acceptors (Lipinski definition) is 4. The molecule has 0 spiro atoms. The van der Waals surface area contributed by atoms with E-state index in [0.717, 1.165) is 16.9 Å². The Bertz CT molecular complexity index is 446. The number of carbonyl (C=O) groups is 1. The lowest BCUT2D eigenvalue weighted by Gasteiger charge is -2.16. The molecule has 1 amide bonds. The van der Waals surface area contributed by atoms with Crippen molar-refractivity contribution in [3.8, 4) is 5.75 Å². The first-order valence-corrected chi connectivity index (χ1v) is 5.99. The molecular formula is C13H18N2O3. The van der Waals surface area contributed by atoms with Crippen LogP contribution < -0.4 is 15.8 Å². The summed E-state index contributed by atoms with van der Waals surface area (Å²) >= 11 is 0. The molecule has 1 aliphatic heterocycles. The van der Waals surface area contributed by atoms with E-state index in [0.29, 0.717) is 13.2 Å². The van der Waals surface area contributed by atoms with Crippen molar-refractivity contribution in [2.24, 2.45) is 5.73 Å². The Hall–Kier alpha value is -1.75. The fourth-order valence-electron chi connectivity index (χ4n) is 1.85. The van der Waals surface area contributed by atoms with Gasteiger partial charge >= 0.3 is 6.09 Å². The summed E-state index contributed by atoms with van der Waals surface area (Å²) in [5.41, 5.74) is 7.96. The normalized spacial score (nSPS) is 20.2. The molecule has 0 radical (unpaired) electrons. The highest BCUT2D eigenvalue weighted by molar-refractivity contribution is 5.69. The number of aryl methyl sites for hydroxylation is 1. The highest BCUT2D eigenvalue weighted by atomic mass is 16.6. The number of amides is 1. The van der Waals surface area contributed by atoms with Crippen LogP contribution >= 0.6 is 0 Å². The van der Waals surface area contributed by atoms with E-state index in [-0.39, 0.29) is 18.2 Å². The number of benzene rings is 1. The van der Waals surface area contributed by atoms with Gasteiger partial charge in [0.05, 0.1) is 6.54 Å². The van der Waals surface area contributed by atoms with Crippen LogP contribution in [0.15, 0.2) is 18.2 Å². The Labute approximate surface area is 106 Å². The second kappa shape index (κ2) is 5.27. The van der Waals surface area contributed by atoms with Gasteiger partial charge in [-0.3, -0.25) is 0 Å². The molecule has 3 N–H and O–H groups in total. The van der Waals surface area contributed by atoms with Crippen LogP contribution in [0.3, 0.4) is 0 Å². The monoisotopic (exact) mass is 250 g/mol. The SMILES string of the molecule is Cc1ccc([C@H](C)N)c(OCC2CNC(=O)O2)c1. The lowest BCUT2D eigenvalue weighted by Crippen LogP contribution is -2.22. The van der Waals surface area contributed by atoms with Crippen LogP contribution in [0.1, 0.15) is 24.1 Å². The average molecular weight is 250 g/mol.